The second-order valence-electron chi connectivity index (χ2n) is 5.76. The zero-order chi connectivity index (χ0) is 19.5. The standard InChI is InChI=1S/C19H12BrClN4O3/c20-13-5-1-11(2-6-13)15-9-16(23-22-15)19(26)27-10-17-24-25-18(28-17)12-3-7-14(21)8-4-12/h1-9H,10H2,(H,22,23). The second-order valence-corrected chi connectivity index (χ2v) is 7.11. The Morgan fingerprint density at radius 2 is 1.79 bits per heavy atom. The number of nitrogens with one attached hydrogen (secondary N) is 1. The molecule has 0 aliphatic rings. The Bertz CT molecular complexity index is 1110. The fourth-order valence-electron chi connectivity index (χ4n) is 2.42. The topological polar surface area (TPSA) is 93.9 Å². The van der Waals surface area contributed by atoms with Gasteiger partial charge in [0.15, 0.2) is 6.61 Å². The van der Waals surface area contributed by atoms with Gasteiger partial charge in [0.2, 0.25) is 5.89 Å². The van der Waals surface area contributed by atoms with Crippen LogP contribution in [0, 0.1) is 0 Å². The molecule has 4 aromatic rings. The predicted octanol–water partition coefficient (Wildman–Crippen LogP) is 4.90. The molecule has 0 amide bonds. The Labute approximate surface area is 172 Å². The minimum Gasteiger partial charge on any atom is -0.451 e. The van der Waals surface area contributed by atoms with E-state index in [0.29, 0.717) is 16.6 Å². The van der Waals surface area contributed by atoms with E-state index in [0.717, 1.165) is 15.6 Å². The quantitative estimate of drug-likeness (QED) is 0.427. The van der Waals surface area contributed by atoms with Crippen molar-refractivity contribution in [3.8, 4) is 22.7 Å². The molecule has 0 saturated heterocycles. The van der Waals surface area contributed by atoms with Crippen LogP contribution in [0.5, 0.6) is 0 Å². The molecule has 2 aromatic carbocycles. The van der Waals surface area contributed by atoms with Gasteiger partial charge < -0.3 is 9.15 Å². The van der Waals surface area contributed by atoms with Crippen molar-refractivity contribution in [2.75, 3.05) is 0 Å². The lowest BCUT2D eigenvalue weighted by molar-refractivity contribution is 0.0431. The van der Waals surface area contributed by atoms with Crippen LogP contribution in [0.1, 0.15) is 16.4 Å². The van der Waals surface area contributed by atoms with Gasteiger partial charge in [-0.05, 0) is 42.5 Å². The average Bonchev–Trinajstić information content (AvgIpc) is 3.37. The maximum absolute atomic E-state index is 12.2. The number of H-pyrrole nitrogens is 1. The van der Waals surface area contributed by atoms with Crippen LogP contribution in [0.25, 0.3) is 22.7 Å². The minimum absolute atomic E-state index is 0.147. The number of aromatic nitrogens is 4. The molecule has 4 rings (SSSR count). The SMILES string of the molecule is O=C(OCc1nnc(-c2ccc(Cl)cc2)o1)c1cc(-c2ccc(Br)cc2)n[nH]1. The Balaban J connectivity index is 1.40. The number of benzene rings is 2. The molecule has 0 unspecified atom stereocenters. The summed E-state index contributed by atoms with van der Waals surface area (Å²) >= 11 is 9.24. The Morgan fingerprint density at radius 3 is 2.54 bits per heavy atom. The number of carbonyl (C=O) groups is 1. The molecule has 140 valence electrons. The van der Waals surface area contributed by atoms with Crippen molar-refractivity contribution >= 4 is 33.5 Å². The van der Waals surface area contributed by atoms with Crippen LogP contribution in [0.4, 0.5) is 0 Å². The molecule has 28 heavy (non-hydrogen) atoms. The molecule has 9 heteroatoms. The molecule has 0 aliphatic heterocycles. The highest BCUT2D eigenvalue weighted by Gasteiger charge is 2.15. The number of rotatable bonds is 5. The zero-order valence-electron chi connectivity index (χ0n) is 14.2. The number of hydrogen-bond donors (Lipinski definition) is 1. The van der Waals surface area contributed by atoms with Gasteiger partial charge >= 0.3 is 5.97 Å². The van der Waals surface area contributed by atoms with E-state index in [4.69, 9.17) is 20.8 Å². The molecule has 2 heterocycles. The summed E-state index contributed by atoms with van der Waals surface area (Å²) in [5, 5.41) is 15.3. The Hall–Kier alpha value is -2.97. The highest BCUT2D eigenvalue weighted by molar-refractivity contribution is 9.10. The molecule has 0 fully saturated rings. The first kappa shape index (κ1) is 18.4. The van der Waals surface area contributed by atoms with Crippen LogP contribution < -0.4 is 0 Å². The third-order valence-corrected chi connectivity index (χ3v) is 4.60. The predicted molar refractivity (Wildman–Crippen MR) is 106 cm³/mol. The third kappa shape index (κ3) is 4.13. The van der Waals surface area contributed by atoms with Gasteiger partial charge in [-0.3, -0.25) is 5.10 Å². The van der Waals surface area contributed by atoms with Crippen molar-refractivity contribution < 1.29 is 13.9 Å². The van der Waals surface area contributed by atoms with Gasteiger partial charge in [0.25, 0.3) is 5.89 Å². The van der Waals surface area contributed by atoms with Crippen LogP contribution in [0.2, 0.25) is 5.02 Å². The number of nitrogens with zero attached hydrogens (tertiary/aromatic N) is 3. The van der Waals surface area contributed by atoms with E-state index in [2.05, 4.69) is 36.3 Å². The number of halogens is 2. The lowest BCUT2D eigenvalue weighted by atomic mass is 10.1. The molecule has 0 saturated carbocycles. The van der Waals surface area contributed by atoms with Gasteiger partial charge in [-0.25, -0.2) is 4.79 Å². The summed E-state index contributed by atoms with van der Waals surface area (Å²) in [5.41, 5.74) is 2.47. The lowest BCUT2D eigenvalue weighted by Crippen LogP contribution is -2.05. The normalized spacial score (nSPS) is 10.8. The summed E-state index contributed by atoms with van der Waals surface area (Å²) in [7, 11) is 0. The summed E-state index contributed by atoms with van der Waals surface area (Å²) < 4.78 is 11.7. The molecule has 7 nitrogen and oxygen atoms in total. The smallest absolute Gasteiger partial charge is 0.356 e. The summed E-state index contributed by atoms with van der Waals surface area (Å²) in [4.78, 5) is 12.2. The second kappa shape index (κ2) is 7.95. The van der Waals surface area contributed by atoms with E-state index in [1.807, 2.05) is 24.3 Å². The first-order valence-electron chi connectivity index (χ1n) is 8.15. The first-order valence-corrected chi connectivity index (χ1v) is 9.32. The highest BCUT2D eigenvalue weighted by atomic mass is 79.9. The average molecular weight is 460 g/mol. The van der Waals surface area contributed by atoms with Crippen molar-refractivity contribution in [3.63, 3.8) is 0 Å². The summed E-state index contributed by atoms with van der Waals surface area (Å²) in [6, 6.07) is 16.2. The van der Waals surface area contributed by atoms with E-state index in [9.17, 15) is 4.79 Å². The minimum atomic E-state index is -0.567. The molecule has 0 spiro atoms. The third-order valence-electron chi connectivity index (χ3n) is 3.82. The molecule has 2 aromatic heterocycles. The van der Waals surface area contributed by atoms with Crippen molar-refractivity contribution in [2.45, 2.75) is 6.61 Å². The molecular formula is C19H12BrClN4O3. The van der Waals surface area contributed by atoms with E-state index < -0.39 is 5.97 Å². The molecule has 0 atom stereocenters. The number of carbonyl (C=O) groups excluding carboxylic acids is 1. The van der Waals surface area contributed by atoms with E-state index in [1.165, 1.54) is 0 Å². The molecule has 0 aliphatic carbocycles. The maximum Gasteiger partial charge on any atom is 0.356 e. The number of aromatic amines is 1. The van der Waals surface area contributed by atoms with Crippen LogP contribution in [0.3, 0.4) is 0 Å². The van der Waals surface area contributed by atoms with Gasteiger partial charge in [-0.2, -0.15) is 5.10 Å². The van der Waals surface area contributed by atoms with Gasteiger partial charge in [0.05, 0.1) is 5.69 Å². The summed E-state index contributed by atoms with van der Waals surface area (Å²) in [6.45, 7) is -0.147. The van der Waals surface area contributed by atoms with Crippen molar-refractivity contribution in [2.24, 2.45) is 0 Å². The van der Waals surface area contributed by atoms with Crippen LogP contribution in [-0.4, -0.2) is 26.4 Å². The Kier molecular flexibility index (Phi) is 5.23. The van der Waals surface area contributed by atoms with Crippen molar-refractivity contribution in [1.82, 2.24) is 20.4 Å². The molecular weight excluding hydrogens is 448 g/mol. The van der Waals surface area contributed by atoms with Crippen LogP contribution in [0.15, 0.2) is 63.5 Å². The van der Waals surface area contributed by atoms with E-state index >= 15 is 0 Å². The van der Waals surface area contributed by atoms with Gasteiger partial charge in [0, 0.05) is 20.6 Å². The van der Waals surface area contributed by atoms with Crippen LogP contribution >= 0.6 is 27.5 Å². The monoisotopic (exact) mass is 458 g/mol. The first-order chi connectivity index (χ1) is 13.6. The number of ether oxygens (including phenoxy) is 1. The van der Waals surface area contributed by atoms with E-state index in [1.54, 1.807) is 30.3 Å². The van der Waals surface area contributed by atoms with Gasteiger partial charge in [-0.1, -0.05) is 39.7 Å². The number of esters is 1. The fourth-order valence-corrected chi connectivity index (χ4v) is 2.81. The van der Waals surface area contributed by atoms with Gasteiger partial charge in [0.1, 0.15) is 5.69 Å². The van der Waals surface area contributed by atoms with Gasteiger partial charge in [-0.15, -0.1) is 10.2 Å². The lowest BCUT2D eigenvalue weighted by Gasteiger charge is -1.99. The van der Waals surface area contributed by atoms with E-state index in [-0.39, 0.29) is 18.2 Å². The zero-order valence-corrected chi connectivity index (χ0v) is 16.6. The molecule has 1 N–H and O–H groups in total. The largest absolute Gasteiger partial charge is 0.451 e. The summed E-state index contributed by atoms with van der Waals surface area (Å²) in [5.74, 6) is -0.0603. The maximum atomic E-state index is 12.2. The van der Waals surface area contributed by atoms with Crippen LogP contribution in [-0.2, 0) is 11.3 Å². The van der Waals surface area contributed by atoms with Crippen molar-refractivity contribution in [3.05, 3.63) is 75.7 Å². The number of hydrogen-bond acceptors (Lipinski definition) is 6. The molecule has 0 bridgehead atoms. The highest BCUT2D eigenvalue weighted by Crippen LogP contribution is 2.22. The summed E-state index contributed by atoms with van der Waals surface area (Å²) in [6.07, 6.45) is 0. The van der Waals surface area contributed by atoms with Crippen molar-refractivity contribution in [1.29, 1.82) is 0 Å². The Morgan fingerprint density at radius 1 is 1.07 bits per heavy atom. The molecule has 0 radical (unpaired) electrons. The fraction of sp³-hybridized carbons (Fsp3) is 0.0526.